The van der Waals surface area contributed by atoms with Crippen molar-refractivity contribution in [3.05, 3.63) is 11.8 Å². The summed E-state index contributed by atoms with van der Waals surface area (Å²) in [5.41, 5.74) is 5.74. The molecule has 4 N–H and O–H groups in total. The van der Waals surface area contributed by atoms with Crippen LogP contribution in [0.25, 0.3) is 0 Å². The lowest BCUT2D eigenvalue weighted by Gasteiger charge is -2.50. The number of sulfonamides is 1. The molecule has 0 bridgehead atoms. The van der Waals surface area contributed by atoms with Crippen LogP contribution in [0, 0.1) is 5.41 Å². The Bertz CT molecular complexity index is 552. The second kappa shape index (κ2) is 4.86. The van der Waals surface area contributed by atoms with Crippen molar-refractivity contribution in [1.29, 1.82) is 0 Å². The first-order valence-corrected chi connectivity index (χ1v) is 7.58. The molecular weight excluding hydrogens is 268 g/mol. The van der Waals surface area contributed by atoms with Gasteiger partial charge in [0.1, 0.15) is 0 Å². The number of nitrogens with one attached hydrogen (secondary N) is 2. The van der Waals surface area contributed by atoms with Crippen LogP contribution < -0.4 is 10.5 Å². The van der Waals surface area contributed by atoms with Gasteiger partial charge in [-0.2, -0.15) is 5.10 Å². The highest BCUT2D eigenvalue weighted by atomic mass is 32.2. The number of hydrogen-bond donors (Lipinski definition) is 3. The summed E-state index contributed by atoms with van der Waals surface area (Å²) >= 11 is 0. The van der Waals surface area contributed by atoms with Gasteiger partial charge >= 0.3 is 0 Å². The van der Waals surface area contributed by atoms with E-state index in [-0.39, 0.29) is 29.1 Å². The first kappa shape index (κ1) is 14.4. The summed E-state index contributed by atoms with van der Waals surface area (Å²) in [6.07, 6.45) is 2.16. The Hall–Kier alpha value is -0.960. The summed E-state index contributed by atoms with van der Waals surface area (Å²) in [5.74, 6) is 0. The van der Waals surface area contributed by atoms with Crippen LogP contribution in [-0.2, 0) is 21.3 Å². The van der Waals surface area contributed by atoms with Crippen LogP contribution in [0.2, 0.25) is 0 Å². The maximum absolute atomic E-state index is 12.3. The molecule has 1 aliphatic carbocycles. The lowest BCUT2D eigenvalue weighted by Crippen LogP contribution is -2.61. The minimum absolute atomic E-state index is 0.0478. The summed E-state index contributed by atoms with van der Waals surface area (Å²) in [4.78, 5) is 0. The van der Waals surface area contributed by atoms with Crippen LogP contribution in [0.15, 0.2) is 11.2 Å². The number of methoxy groups -OCH3 is 1. The highest BCUT2D eigenvalue weighted by molar-refractivity contribution is 7.89. The van der Waals surface area contributed by atoms with Crippen LogP contribution in [0.3, 0.4) is 0 Å². The third-order valence-corrected chi connectivity index (χ3v) is 5.41. The van der Waals surface area contributed by atoms with E-state index in [0.717, 1.165) is 0 Å². The summed E-state index contributed by atoms with van der Waals surface area (Å²) < 4.78 is 32.6. The average molecular weight is 288 g/mol. The van der Waals surface area contributed by atoms with Crippen LogP contribution in [-0.4, -0.2) is 37.9 Å². The van der Waals surface area contributed by atoms with E-state index in [2.05, 4.69) is 14.9 Å². The Labute approximate surface area is 113 Å². The van der Waals surface area contributed by atoms with Crippen LogP contribution >= 0.6 is 0 Å². The molecule has 2 unspecified atom stereocenters. The number of nitrogens with two attached hydrogens (primary N) is 1. The number of rotatable bonds is 5. The van der Waals surface area contributed by atoms with Crippen molar-refractivity contribution < 1.29 is 13.2 Å². The van der Waals surface area contributed by atoms with E-state index < -0.39 is 10.0 Å². The van der Waals surface area contributed by atoms with Gasteiger partial charge in [-0.15, -0.1) is 0 Å². The molecule has 1 heterocycles. The number of aromatic nitrogens is 2. The summed E-state index contributed by atoms with van der Waals surface area (Å²) in [5, 5.41) is 6.27. The Morgan fingerprint density at radius 2 is 2.32 bits per heavy atom. The molecule has 0 amide bonds. The summed E-state index contributed by atoms with van der Waals surface area (Å²) in [6, 6.07) is -0.156. The van der Waals surface area contributed by atoms with Crippen molar-refractivity contribution >= 4 is 10.0 Å². The Morgan fingerprint density at radius 1 is 1.63 bits per heavy atom. The van der Waals surface area contributed by atoms with Crippen molar-refractivity contribution in [2.75, 3.05) is 7.11 Å². The number of aromatic amines is 1. The van der Waals surface area contributed by atoms with Crippen molar-refractivity contribution in [2.45, 2.75) is 44.0 Å². The molecule has 0 spiro atoms. The monoisotopic (exact) mass is 288 g/mol. The molecular formula is C11H20N4O3S. The minimum Gasteiger partial charge on any atom is -0.381 e. The van der Waals surface area contributed by atoms with Crippen molar-refractivity contribution in [1.82, 2.24) is 14.9 Å². The highest BCUT2D eigenvalue weighted by Crippen LogP contribution is 2.43. The zero-order valence-corrected chi connectivity index (χ0v) is 12.1. The third kappa shape index (κ3) is 2.40. The second-order valence-corrected chi connectivity index (χ2v) is 7.03. The lowest BCUT2D eigenvalue weighted by molar-refractivity contribution is -0.0908. The molecule has 1 aliphatic rings. The Balaban J connectivity index is 2.16. The first-order chi connectivity index (χ1) is 8.82. The van der Waals surface area contributed by atoms with E-state index in [1.807, 2.05) is 13.8 Å². The second-order valence-electron chi connectivity index (χ2n) is 5.38. The fraction of sp³-hybridized carbons (Fsp3) is 0.727. The molecule has 0 radical (unpaired) electrons. The molecule has 1 saturated carbocycles. The minimum atomic E-state index is -3.63. The van der Waals surface area contributed by atoms with E-state index >= 15 is 0 Å². The van der Waals surface area contributed by atoms with Crippen molar-refractivity contribution in [2.24, 2.45) is 11.1 Å². The number of nitrogens with zero attached hydrogens (tertiary/aromatic N) is 1. The number of H-pyrrole nitrogens is 1. The Morgan fingerprint density at radius 3 is 2.84 bits per heavy atom. The molecule has 7 nitrogen and oxygen atoms in total. The smallest absolute Gasteiger partial charge is 0.258 e. The average Bonchev–Trinajstić information content (AvgIpc) is 2.83. The summed E-state index contributed by atoms with van der Waals surface area (Å²) in [6.45, 7) is 4.09. The van der Waals surface area contributed by atoms with Crippen LogP contribution in [0.5, 0.6) is 0 Å². The van der Waals surface area contributed by atoms with Crippen LogP contribution in [0.4, 0.5) is 0 Å². The molecule has 1 fully saturated rings. The maximum Gasteiger partial charge on any atom is 0.258 e. The molecule has 2 rings (SSSR count). The predicted octanol–water partition coefficient (Wildman–Crippen LogP) is -0.0398. The lowest BCUT2D eigenvalue weighted by atomic mass is 9.65. The van der Waals surface area contributed by atoms with Gasteiger partial charge in [-0.25, -0.2) is 13.1 Å². The zero-order chi connectivity index (χ0) is 14.3. The molecule has 0 saturated heterocycles. The molecule has 2 atom stereocenters. The van der Waals surface area contributed by atoms with E-state index in [1.165, 1.54) is 6.20 Å². The third-order valence-electron chi connectivity index (χ3n) is 3.93. The topological polar surface area (TPSA) is 110 Å². The normalized spacial score (nSPS) is 26.1. The van der Waals surface area contributed by atoms with Gasteiger partial charge in [-0.3, -0.25) is 5.10 Å². The summed E-state index contributed by atoms with van der Waals surface area (Å²) in [7, 11) is -1.99. The van der Waals surface area contributed by atoms with E-state index in [4.69, 9.17) is 10.5 Å². The van der Waals surface area contributed by atoms with Crippen LogP contribution in [0.1, 0.15) is 25.8 Å². The molecule has 0 aliphatic heterocycles. The SMILES string of the molecule is COC1CC(NS(=O)(=O)c2[nH]ncc2CN)C1(C)C. The number of ether oxygens (including phenoxy) is 1. The predicted molar refractivity (Wildman–Crippen MR) is 69.8 cm³/mol. The Kier molecular flexibility index (Phi) is 3.69. The van der Waals surface area contributed by atoms with Gasteiger partial charge in [0.25, 0.3) is 10.0 Å². The first-order valence-electron chi connectivity index (χ1n) is 6.10. The zero-order valence-electron chi connectivity index (χ0n) is 11.3. The van der Waals surface area contributed by atoms with E-state index in [0.29, 0.717) is 12.0 Å². The molecule has 19 heavy (non-hydrogen) atoms. The van der Waals surface area contributed by atoms with Gasteiger partial charge in [0.05, 0.1) is 12.3 Å². The highest BCUT2D eigenvalue weighted by Gasteiger charge is 2.50. The fourth-order valence-electron chi connectivity index (χ4n) is 2.41. The van der Waals surface area contributed by atoms with Gasteiger partial charge in [-0.1, -0.05) is 13.8 Å². The standard InChI is InChI=1S/C11H20N4O3S/c1-11(2)8(4-9(11)18-3)15-19(16,17)10-7(5-12)6-13-14-10/h6,8-9,15H,4-5,12H2,1-3H3,(H,13,14). The van der Waals surface area contributed by atoms with Crippen molar-refractivity contribution in [3.63, 3.8) is 0 Å². The van der Waals surface area contributed by atoms with Gasteiger partial charge in [0.2, 0.25) is 0 Å². The molecule has 1 aromatic rings. The molecule has 108 valence electrons. The van der Waals surface area contributed by atoms with E-state index in [1.54, 1.807) is 7.11 Å². The van der Waals surface area contributed by atoms with Gasteiger partial charge in [0.15, 0.2) is 5.03 Å². The quantitative estimate of drug-likeness (QED) is 0.704. The molecule has 8 heteroatoms. The van der Waals surface area contributed by atoms with Gasteiger partial charge in [0, 0.05) is 30.7 Å². The van der Waals surface area contributed by atoms with Crippen molar-refractivity contribution in [3.8, 4) is 0 Å². The largest absolute Gasteiger partial charge is 0.381 e. The molecule has 0 aromatic carbocycles. The van der Waals surface area contributed by atoms with E-state index in [9.17, 15) is 8.42 Å². The van der Waals surface area contributed by atoms with Gasteiger partial charge < -0.3 is 10.5 Å². The fourth-order valence-corrected chi connectivity index (χ4v) is 3.96. The number of hydrogen-bond acceptors (Lipinski definition) is 5. The maximum atomic E-state index is 12.3. The molecule has 1 aromatic heterocycles. The van der Waals surface area contributed by atoms with Gasteiger partial charge in [-0.05, 0) is 6.42 Å².